The van der Waals surface area contributed by atoms with E-state index in [9.17, 15) is 14.0 Å². The minimum absolute atomic E-state index is 0.155. The number of carbonyl (C=O) groups excluding carboxylic acids is 2. The maximum absolute atomic E-state index is 13.4. The minimum atomic E-state index is -0.767. The van der Waals surface area contributed by atoms with E-state index in [0.29, 0.717) is 37.3 Å². The molecule has 0 saturated heterocycles. The molecule has 5 nitrogen and oxygen atoms in total. The van der Waals surface area contributed by atoms with E-state index in [-0.39, 0.29) is 23.7 Å². The molecule has 0 aliphatic heterocycles. The number of carbonyl (C=O) groups is 2. The van der Waals surface area contributed by atoms with E-state index in [2.05, 4.69) is 23.3 Å². The van der Waals surface area contributed by atoms with E-state index in [1.807, 2.05) is 37.3 Å². The molecule has 2 aromatic rings. The summed E-state index contributed by atoms with van der Waals surface area (Å²) < 4.78 is 18.9. The Bertz CT molecular complexity index is 884. The third-order valence-electron chi connectivity index (χ3n) is 6.09. The van der Waals surface area contributed by atoms with Gasteiger partial charge in [-0.25, -0.2) is 4.39 Å². The molecule has 0 spiro atoms. The predicted octanol–water partition coefficient (Wildman–Crippen LogP) is 4.39. The SMILES string of the molecule is CCOC1CCC(CS)(C(=O)N[C@@H](Cc2ccccc2)C(=O)Nc2ccc(F)cc2)CC1. The first kappa shape index (κ1) is 24.3. The van der Waals surface area contributed by atoms with Crippen molar-refractivity contribution in [2.75, 3.05) is 17.7 Å². The Morgan fingerprint density at radius 1 is 1.12 bits per heavy atom. The van der Waals surface area contributed by atoms with E-state index < -0.39 is 11.5 Å². The number of hydrogen-bond donors (Lipinski definition) is 3. The fourth-order valence-corrected chi connectivity index (χ4v) is 4.60. The second-order valence-electron chi connectivity index (χ2n) is 8.31. The van der Waals surface area contributed by atoms with Crippen molar-refractivity contribution in [1.29, 1.82) is 0 Å². The monoisotopic (exact) mass is 458 g/mol. The van der Waals surface area contributed by atoms with Gasteiger partial charge >= 0.3 is 0 Å². The summed E-state index contributed by atoms with van der Waals surface area (Å²) in [7, 11) is 0. The van der Waals surface area contributed by atoms with Gasteiger partial charge in [-0.3, -0.25) is 9.59 Å². The zero-order valence-electron chi connectivity index (χ0n) is 18.4. The third-order valence-corrected chi connectivity index (χ3v) is 6.70. The Kier molecular flexibility index (Phi) is 8.70. The Hall–Kier alpha value is -2.38. The van der Waals surface area contributed by atoms with Gasteiger partial charge in [0.05, 0.1) is 11.5 Å². The molecule has 0 bridgehead atoms. The summed E-state index contributed by atoms with van der Waals surface area (Å²) in [5, 5.41) is 5.78. The molecule has 1 aliphatic carbocycles. The first-order chi connectivity index (χ1) is 15.5. The molecule has 172 valence electrons. The average Bonchev–Trinajstić information content (AvgIpc) is 2.81. The number of thiol groups is 1. The summed E-state index contributed by atoms with van der Waals surface area (Å²) in [6, 6.07) is 14.3. The molecule has 1 fully saturated rings. The van der Waals surface area contributed by atoms with Gasteiger partial charge in [0.25, 0.3) is 0 Å². The van der Waals surface area contributed by atoms with Gasteiger partial charge in [-0.05, 0) is 62.4 Å². The fourth-order valence-electron chi connectivity index (χ4n) is 4.14. The lowest BCUT2D eigenvalue weighted by atomic mass is 9.73. The molecule has 1 saturated carbocycles. The number of rotatable bonds is 9. The quantitative estimate of drug-likeness (QED) is 0.489. The van der Waals surface area contributed by atoms with Gasteiger partial charge in [0.15, 0.2) is 0 Å². The molecule has 7 heteroatoms. The van der Waals surface area contributed by atoms with Crippen molar-refractivity contribution in [3.8, 4) is 0 Å². The van der Waals surface area contributed by atoms with Crippen LogP contribution in [0.5, 0.6) is 0 Å². The van der Waals surface area contributed by atoms with Crippen molar-refractivity contribution in [3.63, 3.8) is 0 Å². The summed E-state index contributed by atoms with van der Waals surface area (Å²) in [5.41, 5.74) is 0.791. The lowest BCUT2D eigenvalue weighted by Crippen LogP contribution is -2.53. The van der Waals surface area contributed by atoms with E-state index in [4.69, 9.17) is 4.74 Å². The normalized spacial score (nSPS) is 21.5. The van der Waals surface area contributed by atoms with Gasteiger partial charge in [-0.1, -0.05) is 30.3 Å². The third kappa shape index (κ3) is 6.33. The summed E-state index contributed by atoms with van der Waals surface area (Å²) in [4.78, 5) is 26.5. The number of anilines is 1. The zero-order valence-corrected chi connectivity index (χ0v) is 19.2. The van der Waals surface area contributed by atoms with E-state index in [1.54, 1.807) is 0 Å². The molecule has 0 unspecified atom stereocenters. The number of ether oxygens (including phenoxy) is 1. The average molecular weight is 459 g/mol. The van der Waals surface area contributed by atoms with Crippen LogP contribution >= 0.6 is 12.6 Å². The summed E-state index contributed by atoms with van der Waals surface area (Å²) in [6.45, 7) is 2.63. The van der Waals surface area contributed by atoms with Crippen LogP contribution in [0.25, 0.3) is 0 Å². The zero-order chi connectivity index (χ0) is 23.0. The number of benzene rings is 2. The number of amides is 2. The van der Waals surface area contributed by atoms with Crippen LogP contribution in [0.15, 0.2) is 54.6 Å². The van der Waals surface area contributed by atoms with Crippen molar-refractivity contribution >= 4 is 30.1 Å². The van der Waals surface area contributed by atoms with Gasteiger partial charge in [0.2, 0.25) is 11.8 Å². The molecule has 2 N–H and O–H groups in total. The van der Waals surface area contributed by atoms with E-state index in [0.717, 1.165) is 18.4 Å². The van der Waals surface area contributed by atoms with Crippen LogP contribution in [-0.4, -0.2) is 36.3 Å². The van der Waals surface area contributed by atoms with Crippen molar-refractivity contribution in [2.45, 2.75) is 51.2 Å². The Morgan fingerprint density at radius 2 is 1.78 bits per heavy atom. The highest BCUT2D eigenvalue weighted by Crippen LogP contribution is 2.39. The molecule has 0 heterocycles. The van der Waals surface area contributed by atoms with Crippen LogP contribution in [0.1, 0.15) is 38.2 Å². The van der Waals surface area contributed by atoms with Gasteiger partial charge < -0.3 is 15.4 Å². The highest BCUT2D eigenvalue weighted by Gasteiger charge is 2.42. The number of halogens is 1. The molecular weight excluding hydrogens is 427 g/mol. The van der Waals surface area contributed by atoms with Crippen LogP contribution in [0.4, 0.5) is 10.1 Å². The highest BCUT2D eigenvalue weighted by atomic mass is 32.1. The van der Waals surface area contributed by atoms with Crippen LogP contribution in [-0.2, 0) is 20.7 Å². The van der Waals surface area contributed by atoms with Gasteiger partial charge in [0.1, 0.15) is 11.9 Å². The molecule has 0 radical (unpaired) electrons. The van der Waals surface area contributed by atoms with E-state index in [1.165, 1.54) is 24.3 Å². The smallest absolute Gasteiger partial charge is 0.247 e. The van der Waals surface area contributed by atoms with Crippen LogP contribution < -0.4 is 10.6 Å². The van der Waals surface area contributed by atoms with Gasteiger partial charge in [0, 0.05) is 24.5 Å². The maximum Gasteiger partial charge on any atom is 0.247 e. The predicted molar refractivity (Wildman–Crippen MR) is 127 cm³/mol. The standard InChI is InChI=1S/C25H31FN2O3S/c1-2-31-21-12-14-25(17-32,15-13-21)24(30)28-22(16-18-6-4-3-5-7-18)23(29)27-20-10-8-19(26)9-11-20/h3-11,21-22,32H,2,12-17H2,1H3,(H,27,29)(H,28,30)/t21?,22-,25?/m0/s1. The first-order valence-electron chi connectivity index (χ1n) is 11.1. The highest BCUT2D eigenvalue weighted by molar-refractivity contribution is 7.80. The largest absolute Gasteiger partial charge is 0.379 e. The molecule has 32 heavy (non-hydrogen) atoms. The second kappa shape index (κ2) is 11.5. The Labute approximate surface area is 194 Å². The molecular formula is C25H31FN2O3S. The van der Waals surface area contributed by atoms with E-state index >= 15 is 0 Å². The molecule has 2 aromatic carbocycles. The molecule has 0 aromatic heterocycles. The Balaban J connectivity index is 1.74. The van der Waals surface area contributed by atoms with Gasteiger partial charge in [-0.15, -0.1) is 0 Å². The molecule has 2 amide bonds. The lowest BCUT2D eigenvalue weighted by molar-refractivity contribution is -0.136. The fraction of sp³-hybridized carbons (Fsp3) is 0.440. The van der Waals surface area contributed by atoms with Crippen molar-refractivity contribution in [2.24, 2.45) is 5.41 Å². The summed E-state index contributed by atoms with van der Waals surface area (Å²) >= 11 is 4.50. The summed E-state index contributed by atoms with van der Waals surface area (Å²) in [6.07, 6.45) is 3.46. The molecule has 1 aliphatic rings. The number of hydrogen-bond acceptors (Lipinski definition) is 4. The summed E-state index contributed by atoms with van der Waals surface area (Å²) in [5.74, 6) is -0.464. The maximum atomic E-state index is 13.4. The van der Waals surface area contributed by atoms with Crippen molar-refractivity contribution < 1.29 is 18.7 Å². The minimum Gasteiger partial charge on any atom is -0.379 e. The topological polar surface area (TPSA) is 67.4 Å². The lowest BCUT2D eigenvalue weighted by Gasteiger charge is -2.38. The van der Waals surface area contributed by atoms with Crippen LogP contribution in [0.2, 0.25) is 0 Å². The first-order valence-corrected chi connectivity index (χ1v) is 11.7. The molecule has 1 atom stereocenters. The number of nitrogens with one attached hydrogen (secondary N) is 2. The van der Waals surface area contributed by atoms with Crippen LogP contribution in [0, 0.1) is 11.2 Å². The van der Waals surface area contributed by atoms with Crippen LogP contribution in [0.3, 0.4) is 0 Å². The van der Waals surface area contributed by atoms with Crippen molar-refractivity contribution in [3.05, 3.63) is 66.0 Å². The molecule has 3 rings (SSSR count). The Morgan fingerprint density at radius 3 is 2.38 bits per heavy atom. The van der Waals surface area contributed by atoms with Crippen molar-refractivity contribution in [1.82, 2.24) is 5.32 Å². The van der Waals surface area contributed by atoms with Gasteiger partial charge in [-0.2, -0.15) is 12.6 Å². The second-order valence-corrected chi connectivity index (χ2v) is 8.62.